The van der Waals surface area contributed by atoms with Gasteiger partial charge in [0.1, 0.15) is 10.6 Å². The Balaban J connectivity index is 1.87. The summed E-state index contributed by atoms with van der Waals surface area (Å²) >= 11 is 0. The Labute approximate surface area is 191 Å². The molecule has 0 saturated carbocycles. The van der Waals surface area contributed by atoms with Crippen LogP contribution >= 0.6 is 0 Å². The van der Waals surface area contributed by atoms with E-state index in [1.807, 2.05) is 6.92 Å². The van der Waals surface area contributed by atoms with Gasteiger partial charge >= 0.3 is 10.1 Å². The molecular weight excluding hydrogens is 444 g/mol. The molecule has 0 spiro atoms. The van der Waals surface area contributed by atoms with E-state index >= 15 is 0 Å². The Morgan fingerprint density at radius 2 is 1.61 bits per heavy atom. The lowest BCUT2D eigenvalue weighted by molar-refractivity contribution is -0.114. The van der Waals surface area contributed by atoms with Crippen molar-refractivity contribution in [1.29, 1.82) is 0 Å². The highest BCUT2D eigenvalue weighted by atomic mass is 32.2. The number of primary amides is 1. The van der Waals surface area contributed by atoms with E-state index in [1.54, 1.807) is 42.5 Å². The second-order valence-corrected chi connectivity index (χ2v) is 8.55. The van der Waals surface area contributed by atoms with Crippen LogP contribution in [-0.4, -0.2) is 27.3 Å². The lowest BCUT2D eigenvalue weighted by Crippen LogP contribution is -2.31. The maximum atomic E-state index is 12.6. The third-order valence-electron chi connectivity index (χ3n) is 4.56. The number of amides is 2. The quantitative estimate of drug-likeness (QED) is 0.388. The number of rotatable bonds is 8. The first-order chi connectivity index (χ1) is 15.7. The second kappa shape index (κ2) is 10.0. The first-order valence-corrected chi connectivity index (χ1v) is 11.2. The van der Waals surface area contributed by atoms with Gasteiger partial charge in [-0.2, -0.15) is 8.42 Å². The molecule has 33 heavy (non-hydrogen) atoms. The van der Waals surface area contributed by atoms with Crippen LogP contribution in [0.4, 0.5) is 0 Å². The van der Waals surface area contributed by atoms with Gasteiger partial charge in [-0.05, 0) is 55.0 Å². The van der Waals surface area contributed by atoms with E-state index < -0.39 is 21.9 Å². The number of hydrogen-bond donors (Lipinski definition) is 2. The molecule has 0 aliphatic rings. The summed E-state index contributed by atoms with van der Waals surface area (Å²) in [7, 11) is -2.74. The molecule has 2 amide bonds. The van der Waals surface area contributed by atoms with Gasteiger partial charge in [0, 0.05) is 5.56 Å². The Morgan fingerprint density at radius 3 is 2.21 bits per heavy atom. The van der Waals surface area contributed by atoms with Crippen LogP contribution in [0.15, 0.2) is 83.4 Å². The highest BCUT2D eigenvalue weighted by Crippen LogP contribution is 2.31. The van der Waals surface area contributed by atoms with Gasteiger partial charge in [-0.3, -0.25) is 9.59 Å². The first-order valence-electron chi connectivity index (χ1n) is 9.76. The normalized spacial score (nSPS) is 11.5. The molecule has 0 aliphatic heterocycles. The van der Waals surface area contributed by atoms with Crippen LogP contribution in [0.2, 0.25) is 0 Å². The molecule has 0 fully saturated rings. The van der Waals surface area contributed by atoms with Crippen molar-refractivity contribution in [3.63, 3.8) is 0 Å². The van der Waals surface area contributed by atoms with Crippen LogP contribution in [0.5, 0.6) is 11.5 Å². The second-order valence-electron chi connectivity index (χ2n) is 7.00. The standard InChI is InChI=1S/C24H22N2O6S/c1-16-8-11-19(12-9-16)33(29,30)32-21-13-10-17(15-22(21)31-2)14-20(23(25)27)26-24(28)18-6-4-3-5-7-18/h3-15H,1-2H3,(H2,25,27)(H,26,28)/b20-14-. The number of nitrogens with one attached hydrogen (secondary N) is 1. The molecule has 0 atom stereocenters. The summed E-state index contributed by atoms with van der Waals surface area (Å²) in [4.78, 5) is 24.2. The van der Waals surface area contributed by atoms with E-state index in [2.05, 4.69) is 5.32 Å². The smallest absolute Gasteiger partial charge is 0.339 e. The Hall–Kier alpha value is -4.11. The average molecular weight is 467 g/mol. The molecule has 3 rings (SSSR count). The van der Waals surface area contributed by atoms with E-state index in [-0.39, 0.29) is 22.1 Å². The molecular formula is C24H22N2O6S. The Kier molecular flexibility index (Phi) is 7.14. The van der Waals surface area contributed by atoms with Gasteiger partial charge in [-0.15, -0.1) is 0 Å². The Bertz CT molecular complexity index is 1300. The zero-order chi connectivity index (χ0) is 24.0. The summed E-state index contributed by atoms with van der Waals surface area (Å²) in [6.45, 7) is 1.84. The van der Waals surface area contributed by atoms with Crippen molar-refractivity contribution in [2.45, 2.75) is 11.8 Å². The number of ether oxygens (including phenoxy) is 1. The fourth-order valence-electron chi connectivity index (χ4n) is 2.83. The molecule has 0 heterocycles. The third-order valence-corrected chi connectivity index (χ3v) is 5.81. The zero-order valence-corrected chi connectivity index (χ0v) is 18.8. The summed E-state index contributed by atoms with van der Waals surface area (Å²) in [6.07, 6.45) is 1.35. The van der Waals surface area contributed by atoms with Crippen molar-refractivity contribution in [3.05, 3.63) is 95.2 Å². The van der Waals surface area contributed by atoms with Crippen LogP contribution in [0.3, 0.4) is 0 Å². The maximum absolute atomic E-state index is 12.6. The van der Waals surface area contributed by atoms with Crippen LogP contribution in [-0.2, 0) is 14.9 Å². The van der Waals surface area contributed by atoms with Crippen LogP contribution in [0.1, 0.15) is 21.5 Å². The maximum Gasteiger partial charge on any atom is 0.339 e. The number of carbonyl (C=O) groups is 2. The van der Waals surface area contributed by atoms with Gasteiger partial charge < -0.3 is 20.0 Å². The molecule has 0 unspecified atom stereocenters. The van der Waals surface area contributed by atoms with Gasteiger partial charge in [-0.1, -0.05) is 42.0 Å². The molecule has 0 saturated heterocycles. The van der Waals surface area contributed by atoms with Crippen molar-refractivity contribution in [3.8, 4) is 11.5 Å². The van der Waals surface area contributed by atoms with Gasteiger partial charge in [0.15, 0.2) is 11.5 Å². The molecule has 3 N–H and O–H groups in total. The lowest BCUT2D eigenvalue weighted by Gasteiger charge is -2.12. The van der Waals surface area contributed by atoms with Crippen molar-refractivity contribution in [2.75, 3.05) is 7.11 Å². The largest absolute Gasteiger partial charge is 0.493 e. The van der Waals surface area contributed by atoms with Gasteiger partial charge in [0.05, 0.1) is 7.11 Å². The highest BCUT2D eigenvalue weighted by molar-refractivity contribution is 7.87. The van der Waals surface area contributed by atoms with Gasteiger partial charge in [-0.25, -0.2) is 0 Å². The number of aryl methyl sites for hydroxylation is 1. The molecule has 8 nitrogen and oxygen atoms in total. The van der Waals surface area contributed by atoms with E-state index in [4.69, 9.17) is 14.7 Å². The summed E-state index contributed by atoms with van der Waals surface area (Å²) < 4.78 is 35.7. The number of carbonyl (C=O) groups excluding carboxylic acids is 2. The molecule has 0 radical (unpaired) electrons. The van der Waals surface area contributed by atoms with Gasteiger partial charge in [0.2, 0.25) is 0 Å². The zero-order valence-electron chi connectivity index (χ0n) is 17.9. The van der Waals surface area contributed by atoms with Crippen molar-refractivity contribution < 1.29 is 26.9 Å². The van der Waals surface area contributed by atoms with Crippen molar-refractivity contribution >= 4 is 28.0 Å². The fourth-order valence-corrected chi connectivity index (χ4v) is 3.77. The van der Waals surface area contributed by atoms with E-state index in [1.165, 1.54) is 43.5 Å². The topological polar surface area (TPSA) is 125 Å². The molecule has 0 aliphatic carbocycles. The number of nitrogens with two attached hydrogens (primary N) is 1. The molecule has 0 bridgehead atoms. The minimum Gasteiger partial charge on any atom is -0.493 e. The average Bonchev–Trinajstić information content (AvgIpc) is 2.80. The lowest BCUT2D eigenvalue weighted by atomic mass is 10.1. The molecule has 3 aromatic rings. The molecule has 9 heteroatoms. The van der Waals surface area contributed by atoms with E-state index in [9.17, 15) is 18.0 Å². The van der Waals surface area contributed by atoms with Crippen molar-refractivity contribution in [2.24, 2.45) is 5.73 Å². The predicted octanol–water partition coefficient (Wildman–Crippen LogP) is 3.03. The third kappa shape index (κ3) is 5.98. The SMILES string of the molecule is COc1cc(/C=C(\NC(=O)c2ccccc2)C(N)=O)ccc1OS(=O)(=O)c1ccc(C)cc1. The highest BCUT2D eigenvalue weighted by Gasteiger charge is 2.19. The van der Waals surface area contributed by atoms with Crippen molar-refractivity contribution in [1.82, 2.24) is 5.32 Å². The van der Waals surface area contributed by atoms with E-state index in [0.29, 0.717) is 11.1 Å². The fraction of sp³-hybridized carbons (Fsp3) is 0.0833. The minimum absolute atomic E-state index is 0.00114. The number of methoxy groups -OCH3 is 1. The first kappa shape index (κ1) is 23.6. The molecule has 170 valence electrons. The number of hydrogen-bond acceptors (Lipinski definition) is 6. The monoisotopic (exact) mass is 466 g/mol. The molecule has 3 aromatic carbocycles. The number of benzene rings is 3. The van der Waals surface area contributed by atoms with Crippen LogP contribution in [0.25, 0.3) is 6.08 Å². The summed E-state index contributed by atoms with van der Waals surface area (Å²) in [5.74, 6) is -1.28. The van der Waals surface area contributed by atoms with Crippen LogP contribution < -0.4 is 20.0 Å². The summed E-state index contributed by atoms with van der Waals surface area (Å²) in [5, 5.41) is 2.48. The molecule has 0 aromatic heterocycles. The Morgan fingerprint density at radius 1 is 0.939 bits per heavy atom. The van der Waals surface area contributed by atoms with Crippen LogP contribution in [0, 0.1) is 6.92 Å². The van der Waals surface area contributed by atoms with E-state index in [0.717, 1.165) is 5.56 Å². The predicted molar refractivity (Wildman–Crippen MR) is 123 cm³/mol. The van der Waals surface area contributed by atoms with Gasteiger partial charge in [0.25, 0.3) is 11.8 Å². The summed E-state index contributed by atoms with van der Waals surface area (Å²) in [5.41, 5.74) is 6.95. The summed E-state index contributed by atoms with van der Waals surface area (Å²) in [6, 6.07) is 18.9. The minimum atomic E-state index is -4.09.